The maximum absolute atomic E-state index is 9.80. The van der Waals surface area contributed by atoms with E-state index in [2.05, 4.69) is 29.7 Å². The average Bonchev–Trinajstić information content (AvgIpc) is 3.13. The van der Waals surface area contributed by atoms with E-state index in [1.165, 1.54) is 0 Å². The molecule has 2 bridgehead atoms. The second kappa shape index (κ2) is 9.46. The highest BCUT2D eigenvalue weighted by atomic mass is 16.5. The molecule has 3 fully saturated rings. The topological polar surface area (TPSA) is 93.1 Å². The lowest BCUT2D eigenvalue weighted by Gasteiger charge is -2.38. The fourth-order valence-electron chi connectivity index (χ4n) is 5.86. The van der Waals surface area contributed by atoms with Crippen molar-refractivity contribution in [1.82, 2.24) is 15.0 Å². The quantitative estimate of drug-likeness (QED) is 0.578. The van der Waals surface area contributed by atoms with Gasteiger partial charge in [0.15, 0.2) is 5.65 Å². The van der Waals surface area contributed by atoms with Crippen molar-refractivity contribution in [3.63, 3.8) is 0 Å². The van der Waals surface area contributed by atoms with Crippen molar-refractivity contribution in [1.29, 1.82) is 0 Å². The highest BCUT2D eigenvalue weighted by Gasteiger charge is 2.39. The van der Waals surface area contributed by atoms with Gasteiger partial charge in [0.2, 0.25) is 5.95 Å². The summed E-state index contributed by atoms with van der Waals surface area (Å²) in [7, 11) is 1.61. The van der Waals surface area contributed by atoms with Crippen LogP contribution in [0.1, 0.15) is 32.3 Å². The van der Waals surface area contributed by atoms with Crippen LogP contribution in [0, 0.1) is 0 Å². The number of pyridine rings is 1. The molecule has 3 aromatic rings. The molecule has 9 nitrogen and oxygen atoms in total. The van der Waals surface area contributed by atoms with E-state index >= 15 is 0 Å². The summed E-state index contributed by atoms with van der Waals surface area (Å²) < 4.78 is 17.2. The lowest BCUT2D eigenvalue weighted by molar-refractivity contribution is -0.00570. The second-order valence-corrected chi connectivity index (χ2v) is 10.1. The molecule has 1 N–H and O–H groups in total. The van der Waals surface area contributed by atoms with E-state index in [4.69, 9.17) is 29.2 Å². The van der Waals surface area contributed by atoms with E-state index < -0.39 is 0 Å². The zero-order valence-electron chi connectivity index (χ0n) is 21.1. The Morgan fingerprint density at radius 3 is 2.44 bits per heavy atom. The zero-order chi connectivity index (χ0) is 24.8. The Balaban J connectivity index is 1.48. The summed E-state index contributed by atoms with van der Waals surface area (Å²) in [5.41, 5.74) is 3.10. The zero-order valence-corrected chi connectivity index (χ0v) is 21.1. The molecule has 1 aromatic carbocycles. The molecule has 190 valence electrons. The number of rotatable bonds is 5. The number of methoxy groups -OCH3 is 1. The van der Waals surface area contributed by atoms with Crippen LogP contribution in [0.3, 0.4) is 0 Å². The number of ether oxygens (including phenoxy) is 3. The van der Waals surface area contributed by atoms with Crippen LogP contribution in [-0.2, 0) is 16.1 Å². The van der Waals surface area contributed by atoms with Crippen LogP contribution < -0.4 is 14.5 Å². The van der Waals surface area contributed by atoms with Gasteiger partial charge in [0.05, 0.1) is 62.3 Å². The SMILES string of the molecule is COc1ccc(-c2ccc3c(N4C5CCC4COC5)nc(N4C[C@@H](C)O[C@@H](C)C4)nc3n2)cc1CO. The highest BCUT2D eigenvalue weighted by molar-refractivity contribution is 5.90. The minimum Gasteiger partial charge on any atom is -0.496 e. The number of aliphatic hydroxyl groups excluding tert-OH is 1. The van der Waals surface area contributed by atoms with Gasteiger partial charge in [-0.15, -0.1) is 0 Å². The van der Waals surface area contributed by atoms with Crippen LogP contribution in [0.4, 0.5) is 11.8 Å². The summed E-state index contributed by atoms with van der Waals surface area (Å²) in [5.74, 6) is 2.30. The smallest absolute Gasteiger partial charge is 0.229 e. The molecule has 3 saturated heterocycles. The van der Waals surface area contributed by atoms with Crippen molar-refractivity contribution >= 4 is 22.8 Å². The van der Waals surface area contributed by atoms with Crippen molar-refractivity contribution in [2.45, 2.75) is 57.6 Å². The second-order valence-electron chi connectivity index (χ2n) is 10.1. The van der Waals surface area contributed by atoms with Crippen LogP contribution in [0.2, 0.25) is 0 Å². The third kappa shape index (κ3) is 4.15. The van der Waals surface area contributed by atoms with Crippen molar-refractivity contribution < 1.29 is 19.3 Å². The van der Waals surface area contributed by atoms with Gasteiger partial charge in [-0.3, -0.25) is 0 Å². The fourth-order valence-corrected chi connectivity index (χ4v) is 5.86. The van der Waals surface area contributed by atoms with Crippen LogP contribution in [0.15, 0.2) is 30.3 Å². The number of morpholine rings is 2. The normalized spacial score (nSPS) is 26.0. The molecule has 9 heteroatoms. The summed E-state index contributed by atoms with van der Waals surface area (Å²) in [6, 6.07) is 10.5. The number of hydrogen-bond acceptors (Lipinski definition) is 9. The number of nitrogens with zero attached hydrogens (tertiary/aromatic N) is 5. The highest BCUT2D eigenvalue weighted by Crippen LogP contribution is 2.38. The lowest BCUT2D eigenvalue weighted by atomic mass is 10.1. The summed E-state index contributed by atoms with van der Waals surface area (Å²) in [5, 5.41) is 10.8. The number of fused-ring (bicyclic) bond motifs is 3. The molecule has 3 aliphatic heterocycles. The van der Waals surface area contributed by atoms with Crippen molar-refractivity contribution in [2.24, 2.45) is 0 Å². The maximum Gasteiger partial charge on any atom is 0.229 e. The van der Waals surface area contributed by atoms with Gasteiger partial charge < -0.3 is 29.1 Å². The van der Waals surface area contributed by atoms with Gasteiger partial charge >= 0.3 is 0 Å². The summed E-state index contributed by atoms with van der Waals surface area (Å²) in [6.07, 6.45) is 2.43. The lowest BCUT2D eigenvalue weighted by Crippen LogP contribution is -2.48. The molecule has 3 aliphatic rings. The molecule has 0 spiro atoms. The van der Waals surface area contributed by atoms with Gasteiger partial charge in [-0.05, 0) is 57.0 Å². The minimum absolute atomic E-state index is 0.103. The van der Waals surface area contributed by atoms with Crippen LogP contribution >= 0.6 is 0 Å². The molecular weight excluding hydrogens is 458 g/mol. The number of benzene rings is 1. The van der Waals surface area contributed by atoms with E-state index in [0.29, 0.717) is 29.4 Å². The number of aromatic nitrogens is 3. The van der Waals surface area contributed by atoms with Crippen LogP contribution in [0.5, 0.6) is 5.75 Å². The van der Waals surface area contributed by atoms with Gasteiger partial charge in [-0.2, -0.15) is 9.97 Å². The van der Waals surface area contributed by atoms with E-state index in [-0.39, 0.29) is 18.8 Å². The molecule has 2 aromatic heterocycles. The van der Waals surface area contributed by atoms with Gasteiger partial charge in [0.1, 0.15) is 11.6 Å². The molecule has 6 rings (SSSR count). The first-order valence-electron chi connectivity index (χ1n) is 12.8. The summed E-state index contributed by atoms with van der Waals surface area (Å²) in [4.78, 5) is 19.8. The minimum atomic E-state index is -0.103. The molecule has 2 unspecified atom stereocenters. The Bertz CT molecular complexity index is 1240. The van der Waals surface area contributed by atoms with Gasteiger partial charge in [-0.25, -0.2) is 4.98 Å². The Morgan fingerprint density at radius 1 is 1.00 bits per heavy atom. The summed E-state index contributed by atoms with van der Waals surface area (Å²) in [6.45, 7) is 7.01. The van der Waals surface area contributed by atoms with Gasteiger partial charge in [0, 0.05) is 24.2 Å². The van der Waals surface area contributed by atoms with E-state index in [9.17, 15) is 5.11 Å². The molecule has 0 saturated carbocycles. The molecule has 0 radical (unpaired) electrons. The predicted octanol–water partition coefficient (Wildman–Crippen LogP) is 3.17. The molecular formula is C27H33N5O4. The molecule has 4 atom stereocenters. The summed E-state index contributed by atoms with van der Waals surface area (Å²) >= 11 is 0. The third-order valence-electron chi connectivity index (χ3n) is 7.46. The fraction of sp³-hybridized carbons (Fsp3) is 0.519. The van der Waals surface area contributed by atoms with E-state index in [1.54, 1.807) is 7.11 Å². The van der Waals surface area contributed by atoms with E-state index in [1.807, 2.05) is 24.3 Å². The first kappa shape index (κ1) is 23.4. The van der Waals surface area contributed by atoms with Crippen molar-refractivity contribution in [2.75, 3.05) is 43.2 Å². The van der Waals surface area contributed by atoms with Crippen molar-refractivity contribution in [3.05, 3.63) is 35.9 Å². The Kier molecular flexibility index (Phi) is 6.15. The van der Waals surface area contributed by atoms with Gasteiger partial charge in [-0.1, -0.05) is 0 Å². The molecule has 0 aliphatic carbocycles. The maximum atomic E-state index is 9.80. The van der Waals surface area contributed by atoms with Crippen LogP contribution in [-0.4, -0.2) is 77.8 Å². The molecule has 0 amide bonds. The Labute approximate surface area is 211 Å². The molecule has 36 heavy (non-hydrogen) atoms. The Hall–Kier alpha value is -3.01. The monoisotopic (exact) mass is 491 g/mol. The molecule has 5 heterocycles. The number of hydrogen-bond donors (Lipinski definition) is 1. The largest absolute Gasteiger partial charge is 0.496 e. The van der Waals surface area contributed by atoms with Crippen molar-refractivity contribution in [3.8, 4) is 17.0 Å². The first-order chi connectivity index (χ1) is 17.5. The number of anilines is 2. The van der Waals surface area contributed by atoms with Gasteiger partial charge in [0.25, 0.3) is 0 Å². The standard InChI is InChI=1S/C27H33N5O4/c1-16-11-31(12-17(2)36-16)27-29-25-22(26(30-27)32-20-5-6-21(32)15-35-14-20)7-8-23(28-25)18-4-9-24(34-3)19(10-18)13-33/h4,7-10,16-17,20-21,33H,5-6,11-15H2,1-3H3/t16-,17+,20?,21?. The number of aliphatic hydroxyl groups is 1. The van der Waals surface area contributed by atoms with E-state index in [0.717, 1.165) is 67.2 Å². The average molecular weight is 492 g/mol. The Morgan fingerprint density at radius 2 is 1.75 bits per heavy atom. The first-order valence-corrected chi connectivity index (χ1v) is 12.8. The predicted molar refractivity (Wildman–Crippen MR) is 138 cm³/mol. The van der Waals surface area contributed by atoms with Crippen LogP contribution in [0.25, 0.3) is 22.3 Å². The third-order valence-corrected chi connectivity index (χ3v) is 7.46.